The molecule has 0 spiro atoms. The molecule has 0 aromatic carbocycles. The molecule has 1 saturated heterocycles. The lowest BCUT2D eigenvalue weighted by atomic mass is 9.93. The van der Waals surface area contributed by atoms with Crippen molar-refractivity contribution in [1.82, 2.24) is 15.1 Å². The molecule has 2 rings (SSSR count). The van der Waals surface area contributed by atoms with Crippen LogP contribution in [0.25, 0.3) is 0 Å². The summed E-state index contributed by atoms with van der Waals surface area (Å²) >= 11 is 0. The smallest absolute Gasteiger partial charge is 0.0663 e. The van der Waals surface area contributed by atoms with E-state index in [2.05, 4.69) is 43.9 Å². The van der Waals surface area contributed by atoms with Crippen molar-refractivity contribution in [3.63, 3.8) is 0 Å². The summed E-state index contributed by atoms with van der Waals surface area (Å²) in [6, 6.07) is 0.464. The Balaban J connectivity index is 2.18. The number of nitrogens with zero attached hydrogens (tertiary/aromatic N) is 2. The predicted octanol–water partition coefficient (Wildman–Crippen LogP) is 2.35. The van der Waals surface area contributed by atoms with Crippen molar-refractivity contribution < 1.29 is 0 Å². The van der Waals surface area contributed by atoms with Crippen LogP contribution >= 0.6 is 0 Å². The van der Waals surface area contributed by atoms with E-state index < -0.39 is 0 Å². The normalized spacial score (nSPS) is 17.1. The van der Waals surface area contributed by atoms with Gasteiger partial charge in [-0.15, -0.1) is 0 Å². The minimum atomic E-state index is 0.464. The second-order valence-corrected chi connectivity index (χ2v) is 5.49. The first-order chi connectivity index (χ1) is 7.58. The van der Waals surface area contributed by atoms with E-state index in [0.717, 1.165) is 25.4 Å². The van der Waals surface area contributed by atoms with Crippen molar-refractivity contribution in [2.75, 3.05) is 13.1 Å². The third kappa shape index (κ3) is 2.29. The molecule has 0 amide bonds. The van der Waals surface area contributed by atoms with Gasteiger partial charge in [0.1, 0.15) is 0 Å². The molecule has 0 aliphatic carbocycles. The average Bonchev–Trinajstić information content (AvgIpc) is 2.55. The number of nitrogens with one attached hydrogen (secondary N) is 1. The third-order valence-electron chi connectivity index (χ3n) is 3.34. The quantitative estimate of drug-likeness (QED) is 0.846. The van der Waals surface area contributed by atoms with Gasteiger partial charge >= 0.3 is 0 Å². The number of aromatic nitrogens is 2. The highest BCUT2D eigenvalue weighted by Gasteiger charge is 2.21. The first-order valence-corrected chi connectivity index (χ1v) is 6.36. The van der Waals surface area contributed by atoms with Crippen LogP contribution in [-0.4, -0.2) is 22.9 Å². The van der Waals surface area contributed by atoms with Crippen molar-refractivity contribution in [2.45, 2.75) is 46.1 Å². The van der Waals surface area contributed by atoms with Gasteiger partial charge in [-0.2, -0.15) is 5.10 Å². The summed E-state index contributed by atoms with van der Waals surface area (Å²) in [4.78, 5) is 0. The summed E-state index contributed by atoms with van der Waals surface area (Å²) in [6.45, 7) is 11.2. The van der Waals surface area contributed by atoms with E-state index in [0.29, 0.717) is 12.0 Å². The maximum Gasteiger partial charge on any atom is 0.0663 e. The molecule has 1 fully saturated rings. The van der Waals surface area contributed by atoms with Gasteiger partial charge in [0.15, 0.2) is 0 Å². The molecule has 0 radical (unpaired) electrons. The van der Waals surface area contributed by atoms with Crippen LogP contribution in [0.3, 0.4) is 0 Å². The molecule has 90 valence electrons. The van der Waals surface area contributed by atoms with Gasteiger partial charge in [0.05, 0.1) is 5.69 Å². The zero-order valence-electron chi connectivity index (χ0n) is 10.8. The first-order valence-electron chi connectivity index (χ1n) is 6.36. The van der Waals surface area contributed by atoms with Crippen LogP contribution in [0.1, 0.15) is 50.9 Å². The lowest BCUT2D eigenvalue weighted by molar-refractivity contribution is 0.341. The summed E-state index contributed by atoms with van der Waals surface area (Å²) in [5.74, 6) is 1.38. The second-order valence-electron chi connectivity index (χ2n) is 5.49. The van der Waals surface area contributed by atoms with Crippen molar-refractivity contribution in [2.24, 2.45) is 5.92 Å². The first kappa shape index (κ1) is 11.6. The molecule has 1 aliphatic heterocycles. The minimum Gasteiger partial charge on any atom is -0.316 e. The molecule has 3 nitrogen and oxygen atoms in total. The molecule has 0 atom stereocenters. The van der Waals surface area contributed by atoms with Crippen LogP contribution in [0.2, 0.25) is 0 Å². The number of hydrogen-bond donors (Lipinski definition) is 1. The fraction of sp³-hybridized carbons (Fsp3) is 0.769. The summed E-state index contributed by atoms with van der Waals surface area (Å²) in [5, 5.41) is 8.07. The van der Waals surface area contributed by atoms with E-state index in [1.807, 2.05) is 0 Å². The Kier molecular flexibility index (Phi) is 3.33. The van der Waals surface area contributed by atoms with Gasteiger partial charge in [0.25, 0.3) is 0 Å². The summed E-state index contributed by atoms with van der Waals surface area (Å²) in [5.41, 5.74) is 2.75. The van der Waals surface area contributed by atoms with Crippen LogP contribution in [0, 0.1) is 5.92 Å². The molecule has 1 aromatic rings. The highest BCUT2D eigenvalue weighted by atomic mass is 15.3. The Labute approximate surface area is 98.2 Å². The largest absolute Gasteiger partial charge is 0.316 e. The van der Waals surface area contributed by atoms with Gasteiger partial charge < -0.3 is 5.32 Å². The zero-order chi connectivity index (χ0) is 11.7. The van der Waals surface area contributed by atoms with Gasteiger partial charge in [-0.05, 0) is 50.8 Å². The fourth-order valence-electron chi connectivity index (χ4n) is 2.11. The van der Waals surface area contributed by atoms with Gasteiger partial charge in [0.2, 0.25) is 0 Å². The second kappa shape index (κ2) is 4.58. The molecule has 1 aliphatic rings. The van der Waals surface area contributed by atoms with E-state index in [1.54, 1.807) is 0 Å². The molecule has 1 N–H and O–H groups in total. The molecular formula is C13H23N3. The maximum absolute atomic E-state index is 4.74. The van der Waals surface area contributed by atoms with Crippen molar-refractivity contribution in [3.8, 4) is 0 Å². The molecule has 2 heterocycles. The third-order valence-corrected chi connectivity index (χ3v) is 3.34. The Morgan fingerprint density at radius 3 is 2.50 bits per heavy atom. The van der Waals surface area contributed by atoms with E-state index in [1.165, 1.54) is 11.3 Å². The highest BCUT2D eigenvalue weighted by Crippen LogP contribution is 2.23. The molecule has 0 saturated carbocycles. The SMILES string of the molecule is CC(C)c1cn(C(C)C)nc1CC1CNC1. The van der Waals surface area contributed by atoms with Crippen LogP contribution in [-0.2, 0) is 6.42 Å². The standard InChI is InChI=1S/C13H23N3/c1-9(2)12-8-16(10(3)4)15-13(12)5-11-6-14-7-11/h8-11,14H,5-7H2,1-4H3. The van der Waals surface area contributed by atoms with E-state index in [4.69, 9.17) is 5.10 Å². The van der Waals surface area contributed by atoms with E-state index >= 15 is 0 Å². The minimum absolute atomic E-state index is 0.464. The summed E-state index contributed by atoms with van der Waals surface area (Å²) < 4.78 is 2.11. The number of hydrogen-bond acceptors (Lipinski definition) is 2. The lowest BCUT2D eigenvalue weighted by Gasteiger charge is -2.26. The average molecular weight is 221 g/mol. The highest BCUT2D eigenvalue weighted by molar-refractivity contribution is 5.22. The predicted molar refractivity (Wildman–Crippen MR) is 66.8 cm³/mol. The molecule has 16 heavy (non-hydrogen) atoms. The van der Waals surface area contributed by atoms with Crippen LogP contribution in [0.4, 0.5) is 0 Å². The van der Waals surface area contributed by atoms with E-state index in [9.17, 15) is 0 Å². The van der Waals surface area contributed by atoms with E-state index in [-0.39, 0.29) is 0 Å². The van der Waals surface area contributed by atoms with Gasteiger partial charge in [-0.1, -0.05) is 13.8 Å². The van der Waals surface area contributed by atoms with Gasteiger partial charge in [0, 0.05) is 12.2 Å². The topological polar surface area (TPSA) is 29.9 Å². The Hall–Kier alpha value is -0.830. The van der Waals surface area contributed by atoms with Crippen LogP contribution in [0.15, 0.2) is 6.20 Å². The van der Waals surface area contributed by atoms with Crippen LogP contribution in [0.5, 0.6) is 0 Å². The van der Waals surface area contributed by atoms with Gasteiger partial charge in [-0.25, -0.2) is 0 Å². The zero-order valence-corrected chi connectivity index (χ0v) is 10.8. The lowest BCUT2D eigenvalue weighted by Crippen LogP contribution is -2.43. The molecule has 0 unspecified atom stereocenters. The number of rotatable bonds is 4. The molecule has 0 bridgehead atoms. The molecule has 3 heteroatoms. The van der Waals surface area contributed by atoms with Gasteiger partial charge in [-0.3, -0.25) is 4.68 Å². The van der Waals surface area contributed by atoms with Crippen molar-refractivity contribution >= 4 is 0 Å². The van der Waals surface area contributed by atoms with Crippen molar-refractivity contribution in [3.05, 3.63) is 17.5 Å². The molecule has 1 aromatic heterocycles. The molecular weight excluding hydrogens is 198 g/mol. The summed E-state index contributed by atoms with van der Waals surface area (Å²) in [6.07, 6.45) is 3.37. The van der Waals surface area contributed by atoms with Crippen LogP contribution < -0.4 is 5.32 Å². The fourth-order valence-corrected chi connectivity index (χ4v) is 2.11. The Morgan fingerprint density at radius 1 is 1.38 bits per heavy atom. The van der Waals surface area contributed by atoms with Crippen molar-refractivity contribution in [1.29, 1.82) is 0 Å². The summed E-state index contributed by atoms with van der Waals surface area (Å²) in [7, 11) is 0. The monoisotopic (exact) mass is 221 g/mol. The maximum atomic E-state index is 4.74. The Morgan fingerprint density at radius 2 is 2.06 bits per heavy atom. The Bertz CT molecular complexity index is 348.